The van der Waals surface area contributed by atoms with Crippen molar-refractivity contribution in [3.63, 3.8) is 0 Å². The van der Waals surface area contributed by atoms with Crippen LogP contribution in [-0.4, -0.2) is 28.6 Å². The molecule has 0 radical (unpaired) electrons. The van der Waals surface area contributed by atoms with E-state index in [0.717, 1.165) is 16.7 Å². The van der Waals surface area contributed by atoms with Crippen LogP contribution in [-0.2, 0) is 9.53 Å². The molecule has 0 unspecified atom stereocenters. The second-order valence-electron chi connectivity index (χ2n) is 7.38. The number of anilines is 1. The highest BCUT2D eigenvalue weighted by Crippen LogP contribution is 2.28. The third-order valence-electron chi connectivity index (χ3n) is 4.89. The molecule has 4 aromatic rings. The Balaban J connectivity index is 1.55. The zero-order valence-electron chi connectivity index (χ0n) is 17.6. The van der Waals surface area contributed by atoms with E-state index >= 15 is 0 Å². The molecule has 0 aliphatic rings. The van der Waals surface area contributed by atoms with Gasteiger partial charge in [0.15, 0.2) is 12.4 Å². The monoisotopic (exact) mass is 419 g/mol. The fourth-order valence-corrected chi connectivity index (χ4v) is 3.57. The Morgan fingerprint density at radius 1 is 1.10 bits per heavy atom. The standard InChI is InChI=1S/C23H21N3O5/c1-12-8-13(2)21(14(3)9-12)25-19(27)11-30-23(28)16-10-17(18-6-5-7-29-18)24-22-20(16)15(4)26-31-22/h5-10H,11H2,1-4H3,(H,25,27). The molecular weight excluding hydrogens is 398 g/mol. The van der Waals surface area contributed by atoms with Gasteiger partial charge in [0, 0.05) is 5.69 Å². The van der Waals surface area contributed by atoms with Gasteiger partial charge in [-0.2, -0.15) is 0 Å². The van der Waals surface area contributed by atoms with Crippen molar-refractivity contribution < 1.29 is 23.3 Å². The van der Waals surface area contributed by atoms with Crippen molar-refractivity contribution in [1.29, 1.82) is 0 Å². The summed E-state index contributed by atoms with van der Waals surface area (Å²) in [6.45, 7) is 7.09. The topological polar surface area (TPSA) is 107 Å². The Morgan fingerprint density at radius 3 is 2.52 bits per heavy atom. The molecule has 0 saturated heterocycles. The molecule has 0 aliphatic carbocycles. The van der Waals surface area contributed by atoms with Crippen molar-refractivity contribution in [2.75, 3.05) is 11.9 Å². The number of aromatic nitrogens is 2. The Bertz CT molecular complexity index is 1270. The number of carbonyl (C=O) groups excluding carboxylic acids is 2. The number of furan rings is 1. The molecule has 0 fully saturated rings. The normalized spacial score (nSPS) is 11.0. The highest BCUT2D eigenvalue weighted by molar-refractivity contribution is 6.05. The predicted molar refractivity (Wildman–Crippen MR) is 114 cm³/mol. The molecule has 4 rings (SSSR count). The fourth-order valence-electron chi connectivity index (χ4n) is 3.57. The van der Waals surface area contributed by atoms with Gasteiger partial charge in [-0.15, -0.1) is 0 Å². The van der Waals surface area contributed by atoms with Crippen molar-refractivity contribution >= 4 is 28.7 Å². The summed E-state index contributed by atoms with van der Waals surface area (Å²) in [6, 6.07) is 8.93. The third kappa shape index (κ3) is 4.05. The predicted octanol–water partition coefficient (Wildman–Crippen LogP) is 4.51. The van der Waals surface area contributed by atoms with Crippen molar-refractivity contribution in [2.24, 2.45) is 0 Å². The number of esters is 1. The van der Waals surface area contributed by atoms with E-state index in [9.17, 15) is 9.59 Å². The van der Waals surface area contributed by atoms with E-state index < -0.39 is 18.5 Å². The maximum atomic E-state index is 12.8. The first-order chi connectivity index (χ1) is 14.8. The molecule has 8 heteroatoms. The molecule has 1 N–H and O–H groups in total. The third-order valence-corrected chi connectivity index (χ3v) is 4.89. The molecule has 3 heterocycles. The number of benzene rings is 1. The Kier molecular flexibility index (Phi) is 5.29. The number of ether oxygens (including phenoxy) is 1. The molecule has 0 saturated carbocycles. The Hall–Kier alpha value is -3.94. The smallest absolute Gasteiger partial charge is 0.339 e. The summed E-state index contributed by atoms with van der Waals surface area (Å²) in [7, 11) is 0. The van der Waals surface area contributed by atoms with E-state index in [2.05, 4.69) is 15.5 Å². The lowest BCUT2D eigenvalue weighted by Crippen LogP contribution is -2.22. The van der Waals surface area contributed by atoms with E-state index in [1.807, 2.05) is 32.9 Å². The van der Waals surface area contributed by atoms with Gasteiger partial charge < -0.3 is 19.0 Å². The molecule has 0 atom stereocenters. The lowest BCUT2D eigenvalue weighted by molar-refractivity contribution is -0.119. The molecule has 8 nitrogen and oxygen atoms in total. The number of pyridine rings is 1. The van der Waals surface area contributed by atoms with Crippen molar-refractivity contribution in [3.8, 4) is 11.5 Å². The van der Waals surface area contributed by atoms with Crippen molar-refractivity contribution in [2.45, 2.75) is 27.7 Å². The second kappa shape index (κ2) is 8.06. The number of hydrogen-bond donors (Lipinski definition) is 1. The molecule has 31 heavy (non-hydrogen) atoms. The average molecular weight is 419 g/mol. The number of amides is 1. The molecule has 158 valence electrons. The van der Waals surface area contributed by atoms with Crippen LogP contribution in [0.25, 0.3) is 22.6 Å². The van der Waals surface area contributed by atoms with E-state index in [4.69, 9.17) is 13.7 Å². The maximum absolute atomic E-state index is 12.8. The molecule has 1 aromatic carbocycles. The van der Waals surface area contributed by atoms with Crippen LogP contribution in [0.5, 0.6) is 0 Å². The number of nitrogens with zero attached hydrogens (tertiary/aromatic N) is 2. The maximum Gasteiger partial charge on any atom is 0.339 e. The lowest BCUT2D eigenvalue weighted by Gasteiger charge is -2.13. The molecule has 0 aliphatic heterocycles. The fraction of sp³-hybridized carbons (Fsp3) is 0.217. The summed E-state index contributed by atoms with van der Waals surface area (Å²) in [6.07, 6.45) is 1.50. The quantitative estimate of drug-likeness (QED) is 0.474. The largest absolute Gasteiger partial charge is 0.463 e. The summed E-state index contributed by atoms with van der Waals surface area (Å²) in [5, 5.41) is 7.14. The van der Waals surface area contributed by atoms with Crippen molar-refractivity contribution in [1.82, 2.24) is 10.1 Å². The molecule has 0 spiro atoms. The number of nitrogens with one attached hydrogen (secondary N) is 1. The summed E-state index contributed by atoms with van der Waals surface area (Å²) >= 11 is 0. The van der Waals surface area contributed by atoms with Crippen LogP contribution < -0.4 is 5.32 Å². The number of carbonyl (C=O) groups is 2. The van der Waals surface area contributed by atoms with Gasteiger partial charge in [-0.25, -0.2) is 9.78 Å². The minimum atomic E-state index is -0.681. The van der Waals surface area contributed by atoms with Gasteiger partial charge in [-0.05, 0) is 57.0 Å². The minimum absolute atomic E-state index is 0.189. The molecule has 0 bridgehead atoms. The Morgan fingerprint density at radius 2 is 1.84 bits per heavy atom. The molecular formula is C23H21N3O5. The van der Waals surface area contributed by atoms with Gasteiger partial charge in [-0.1, -0.05) is 22.9 Å². The number of aryl methyl sites for hydroxylation is 4. The highest BCUT2D eigenvalue weighted by atomic mass is 16.5. The number of hydrogen-bond acceptors (Lipinski definition) is 7. The van der Waals surface area contributed by atoms with Gasteiger partial charge in [-0.3, -0.25) is 4.79 Å². The highest BCUT2D eigenvalue weighted by Gasteiger charge is 2.22. The summed E-state index contributed by atoms with van der Waals surface area (Å²) in [5.41, 5.74) is 4.99. The number of rotatable bonds is 5. The van der Waals surface area contributed by atoms with Crippen molar-refractivity contribution in [3.05, 3.63) is 64.5 Å². The van der Waals surface area contributed by atoms with Crippen LogP contribution in [0, 0.1) is 27.7 Å². The first-order valence-corrected chi connectivity index (χ1v) is 9.69. The van der Waals surface area contributed by atoms with E-state index in [0.29, 0.717) is 28.2 Å². The van der Waals surface area contributed by atoms with Gasteiger partial charge in [0.1, 0.15) is 5.69 Å². The van der Waals surface area contributed by atoms with E-state index in [-0.39, 0.29) is 11.3 Å². The van der Waals surface area contributed by atoms with Crippen LogP contribution in [0.15, 0.2) is 45.5 Å². The zero-order valence-corrected chi connectivity index (χ0v) is 17.6. The van der Waals surface area contributed by atoms with Gasteiger partial charge in [0.2, 0.25) is 0 Å². The van der Waals surface area contributed by atoms with Gasteiger partial charge >= 0.3 is 5.97 Å². The van der Waals surface area contributed by atoms with Gasteiger partial charge in [0.05, 0.1) is 22.9 Å². The summed E-state index contributed by atoms with van der Waals surface area (Å²) < 4.78 is 15.9. The van der Waals surface area contributed by atoms with Crippen LogP contribution >= 0.6 is 0 Å². The zero-order chi connectivity index (χ0) is 22.1. The van der Waals surface area contributed by atoms with Crippen LogP contribution in [0.1, 0.15) is 32.7 Å². The average Bonchev–Trinajstić information content (AvgIpc) is 3.38. The number of fused-ring (bicyclic) bond motifs is 1. The first kappa shape index (κ1) is 20.3. The molecule has 3 aromatic heterocycles. The van der Waals surface area contributed by atoms with Crippen LogP contribution in [0.2, 0.25) is 0 Å². The first-order valence-electron chi connectivity index (χ1n) is 9.69. The lowest BCUT2D eigenvalue weighted by atomic mass is 10.1. The Labute approximate surface area is 178 Å². The summed E-state index contributed by atoms with van der Waals surface area (Å²) in [5.74, 6) is -0.644. The summed E-state index contributed by atoms with van der Waals surface area (Å²) in [4.78, 5) is 29.6. The van der Waals surface area contributed by atoms with Gasteiger partial charge in [0.25, 0.3) is 11.6 Å². The van der Waals surface area contributed by atoms with E-state index in [1.165, 1.54) is 6.26 Å². The van der Waals surface area contributed by atoms with Crippen LogP contribution in [0.3, 0.4) is 0 Å². The van der Waals surface area contributed by atoms with E-state index in [1.54, 1.807) is 25.1 Å². The second-order valence-corrected chi connectivity index (χ2v) is 7.38. The van der Waals surface area contributed by atoms with Crippen LogP contribution in [0.4, 0.5) is 5.69 Å². The SMILES string of the molecule is Cc1cc(C)c(NC(=O)COC(=O)c2cc(-c3ccco3)nc3onc(C)c23)c(C)c1. The minimum Gasteiger partial charge on any atom is -0.463 e. The molecule has 1 amide bonds.